The number of hydrogen-bond donors (Lipinski definition) is 1. The molecule has 0 saturated heterocycles. The molecule has 0 amide bonds. The third kappa shape index (κ3) is 8190. The second-order valence-electron chi connectivity index (χ2n) is 2.98. The molecule has 146 valence electrons. The maximum absolute atomic E-state index is 9.00. The zero-order valence-electron chi connectivity index (χ0n) is 15.0. The molecule has 1 N–H and O–H groups in total. The molecule has 0 aromatic heterocycles. The summed E-state index contributed by atoms with van der Waals surface area (Å²) in [5.74, 6) is -6.25. The van der Waals surface area contributed by atoms with Crippen molar-refractivity contribution in [3.8, 4) is 0 Å². The number of rotatable bonds is 0. The molecule has 0 fully saturated rings. The zero-order valence-corrected chi connectivity index (χ0v) is 21.7. The number of carboxylic acids is 6. The predicted molar refractivity (Wildman–Crippen MR) is 72.5 cm³/mol. The Bertz CT molecular complexity index is 267. The summed E-state index contributed by atoms with van der Waals surface area (Å²) in [7, 11) is 0. The van der Waals surface area contributed by atoms with Crippen molar-refractivity contribution in [1.82, 2.24) is 0 Å². The van der Waals surface area contributed by atoms with Gasteiger partial charge in [-0.3, -0.25) is 4.79 Å². The van der Waals surface area contributed by atoms with Crippen LogP contribution in [0.15, 0.2) is 0 Å². The number of carbonyl (C=O) groups excluding carboxylic acids is 5. The van der Waals surface area contributed by atoms with Crippen LogP contribution in [0.4, 0.5) is 0 Å². The normalized spacial score (nSPS) is 5.77. The molecule has 12 nitrogen and oxygen atoms in total. The van der Waals surface area contributed by atoms with Crippen molar-refractivity contribution in [2.45, 2.75) is 41.5 Å². The van der Waals surface area contributed by atoms with Gasteiger partial charge in [-0.1, -0.05) is 0 Å². The van der Waals surface area contributed by atoms with Crippen LogP contribution in [-0.4, -0.2) is 68.2 Å². The molecule has 0 aromatic carbocycles. The minimum atomic E-state index is -1.08. The molecular weight excluding hydrogens is 632 g/mol. The largest absolute Gasteiger partial charge is 3.00 e. The summed E-state index contributed by atoms with van der Waals surface area (Å²) in [6, 6.07) is 0. The van der Waals surface area contributed by atoms with Crippen LogP contribution in [-0.2, 0) is 61.5 Å². The molecule has 2 radical (unpaired) electrons. The Labute approximate surface area is 195 Å². The monoisotopic (exact) mass is 652 g/mol. The van der Waals surface area contributed by atoms with E-state index >= 15 is 0 Å². The van der Waals surface area contributed by atoms with E-state index in [-0.39, 0.29) is 60.0 Å². The SMILES string of the molecule is CC(=O)O.CC(=O)[O-].CC(=O)[O-].CC(=O)[O-].CC(=O)[O-].CC(=O)[O-].[Pb+2].[Y+3]. The van der Waals surface area contributed by atoms with E-state index in [1.165, 1.54) is 0 Å². The number of carboxylic acid groups (broad SMARTS) is 6. The van der Waals surface area contributed by atoms with Crippen LogP contribution < -0.4 is 25.5 Å². The van der Waals surface area contributed by atoms with Crippen molar-refractivity contribution in [2.24, 2.45) is 0 Å². The fourth-order valence-corrected chi connectivity index (χ4v) is 0. The smallest absolute Gasteiger partial charge is 0.550 e. The fourth-order valence-electron chi connectivity index (χ4n) is 0. The molecular formula is C12H19O12PbY. The summed E-state index contributed by atoms with van der Waals surface area (Å²) < 4.78 is 0. The van der Waals surface area contributed by atoms with E-state index in [9.17, 15) is 0 Å². The molecule has 0 unspecified atom stereocenters. The van der Waals surface area contributed by atoms with Gasteiger partial charge in [-0.05, 0) is 34.6 Å². The van der Waals surface area contributed by atoms with Gasteiger partial charge in [0.15, 0.2) is 0 Å². The van der Waals surface area contributed by atoms with Crippen LogP contribution in [0.5, 0.6) is 0 Å². The first-order valence-corrected chi connectivity index (χ1v) is 5.47. The van der Waals surface area contributed by atoms with E-state index < -0.39 is 35.8 Å². The first-order chi connectivity index (χ1) is 10.4. The van der Waals surface area contributed by atoms with Gasteiger partial charge in [0.1, 0.15) is 0 Å². The molecule has 0 spiro atoms. The van der Waals surface area contributed by atoms with Gasteiger partial charge in [0.25, 0.3) is 5.97 Å². The Morgan fingerprint density at radius 3 is 0.500 bits per heavy atom. The third-order valence-electron chi connectivity index (χ3n) is 0. The molecule has 14 heteroatoms. The van der Waals surface area contributed by atoms with E-state index in [4.69, 9.17) is 59.4 Å². The van der Waals surface area contributed by atoms with Crippen LogP contribution in [0, 0.1) is 0 Å². The number of aliphatic carboxylic acids is 6. The van der Waals surface area contributed by atoms with Crippen LogP contribution in [0.3, 0.4) is 0 Å². The molecule has 0 atom stereocenters. The number of hydrogen-bond acceptors (Lipinski definition) is 11. The second kappa shape index (κ2) is 43.9. The molecule has 0 aliphatic heterocycles. The fraction of sp³-hybridized carbons (Fsp3) is 0.500. The molecule has 0 rings (SSSR count). The van der Waals surface area contributed by atoms with Crippen molar-refractivity contribution >= 4 is 63.1 Å². The van der Waals surface area contributed by atoms with E-state index in [1.807, 2.05) is 0 Å². The molecule has 0 heterocycles. The van der Waals surface area contributed by atoms with Gasteiger partial charge in [0.2, 0.25) is 0 Å². The van der Waals surface area contributed by atoms with Crippen LogP contribution in [0.1, 0.15) is 41.5 Å². The molecule has 26 heavy (non-hydrogen) atoms. The Balaban J connectivity index is -0.0000000245. The van der Waals surface area contributed by atoms with Crippen molar-refractivity contribution in [3.63, 3.8) is 0 Å². The van der Waals surface area contributed by atoms with Gasteiger partial charge >= 0.3 is 60.0 Å². The van der Waals surface area contributed by atoms with Gasteiger partial charge in [-0.15, -0.1) is 0 Å². The Morgan fingerprint density at radius 2 is 0.500 bits per heavy atom. The predicted octanol–water partition coefficient (Wildman–Crippen LogP) is -6.51. The van der Waals surface area contributed by atoms with Crippen molar-refractivity contribution < 1.29 is 92.1 Å². The maximum Gasteiger partial charge on any atom is 3.00 e. The summed E-state index contributed by atoms with van der Waals surface area (Å²) in [6.45, 7) is 5.94. The summed E-state index contributed by atoms with van der Waals surface area (Å²) in [5.41, 5.74) is 0. The first kappa shape index (κ1) is 49.8. The minimum Gasteiger partial charge on any atom is -0.550 e. The summed E-state index contributed by atoms with van der Waals surface area (Å²) >= 11 is 0. The quantitative estimate of drug-likeness (QED) is 0.241. The first-order valence-electron chi connectivity index (χ1n) is 5.47. The summed E-state index contributed by atoms with van der Waals surface area (Å²) in [5, 5.41) is 51.9. The summed E-state index contributed by atoms with van der Waals surface area (Å²) in [6.07, 6.45) is 0. The second-order valence-corrected chi connectivity index (χ2v) is 2.98. The average molecular weight is 651 g/mol. The van der Waals surface area contributed by atoms with Crippen molar-refractivity contribution in [3.05, 3.63) is 0 Å². The van der Waals surface area contributed by atoms with E-state index in [2.05, 4.69) is 0 Å². The number of carbonyl (C=O) groups is 6. The van der Waals surface area contributed by atoms with Crippen LogP contribution >= 0.6 is 0 Å². The standard InChI is InChI=1S/6C2H4O2.Pb.Y/c6*1-2(3)4;;/h6*1H3,(H,3,4);;/q;;;;;;+2;+3/p-5. The zero-order chi connectivity index (χ0) is 21.5. The Kier molecular flexibility index (Phi) is 84.0. The van der Waals surface area contributed by atoms with Crippen LogP contribution in [0.25, 0.3) is 0 Å². The van der Waals surface area contributed by atoms with E-state index in [0.29, 0.717) is 0 Å². The summed E-state index contributed by atoms with van der Waals surface area (Å²) in [4.78, 5) is 53.4. The van der Waals surface area contributed by atoms with Crippen molar-refractivity contribution in [1.29, 1.82) is 0 Å². The Morgan fingerprint density at radius 1 is 0.500 bits per heavy atom. The molecule has 0 bridgehead atoms. The van der Waals surface area contributed by atoms with Gasteiger partial charge in [0.05, 0.1) is 0 Å². The van der Waals surface area contributed by atoms with E-state index in [0.717, 1.165) is 41.5 Å². The molecule has 0 aromatic rings. The molecule has 0 aliphatic rings. The van der Waals surface area contributed by atoms with Gasteiger partial charge in [-0.2, -0.15) is 0 Å². The topological polar surface area (TPSA) is 238 Å². The minimum absolute atomic E-state index is 0. The van der Waals surface area contributed by atoms with Gasteiger partial charge < -0.3 is 54.6 Å². The van der Waals surface area contributed by atoms with Crippen molar-refractivity contribution in [2.75, 3.05) is 0 Å². The average Bonchev–Trinajstić information content (AvgIpc) is 2.08. The van der Waals surface area contributed by atoms with E-state index in [1.54, 1.807) is 0 Å². The van der Waals surface area contributed by atoms with Crippen LogP contribution in [0.2, 0.25) is 0 Å². The Hall–Kier alpha value is -1.15. The third-order valence-corrected chi connectivity index (χ3v) is 0. The molecule has 0 aliphatic carbocycles. The van der Waals surface area contributed by atoms with Gasteiger partial charge in [0, 0.05) is 36.8 Å². The molecule has 0 saturated carbocycles. The maximum atomic E-state index is 9.00. The van der Waals surface area contributed by atoms with Gasteiger partial charge in [-0.25, -0.2) is 0 Å².